The van der Waals surface area contributed by atoms with Crippen LogP contribution in [-0.2, 0) is 0 Å². The molecule has 0 fully saturated rings. The van der Waals surface area contributed by atoms with E-state index in [0.29, 0.717) is 11.3 Å². The summed E-state index contributed by atoms with van der Waals surface area (Å²) in [5, 5.41) is 5.72. The van der Waals surface area contributed by atoms with E-state index in [0.717, 1.165) is 5.57 Å². The first-order valence-electron chi connectivity index (χ1n) is 4.02. The van der Waals surface area contributed by atoms with E-state index in [4.69, 9.17) is 0 Å². The van der Waals surface area contributed by atoms with Gasteiger partial charge in [-0.1, -0.05) is 6.58 Å². The van der Waals surface area contributed by atoms with Crippen LogP contribution in [0.2, 0.25) is 0 Å². The zero-order valence-electron chi connectivity index (χ0n) is 8.13. The van der Waals surface area contributed by atoms with Crippen molar-refractivity contribution < 1.29 is 4.39 Å². The summed E-state index contributed by atoms with van der Waals surface area (Å²) in [5.74, 6) is -0.243. The summed E-state index contributed by atoms with van der Waals surface area (Å²) >= 11 is 0. The Morgan fingerprint density at radius 3 is 2.54 bits per heavy atom. The van der Waals surface area contributed by atoms with Gasteiger partial charge in [-0.05, 0) is 24.1 Å². The van der Waals surface area contributed by atoms with Crippen molar-refractivity contribution in [2.24, 2.45) is 5.10 Å². The molecule has 70 valence electrons. The van der Waals surface area contributed by atoms with Gasteiger partial charge < -0.3 is 5.01 Å². The van der Waals surface area contributed by atoms with E-state index in [2.05, 4.69) is 11.7 Å². The maximum atomic E-state index is 13.1. The molecule has 0 heterocycles. The zero-order valence-corrected chi connectivity index (χ0v) is 8.13. The molecule has 1 aliphatic rings. The Balaban J connectivity index is 3.00. The molecule has 0 radical (unpaired) electrons. The van der Waals surface area contributed by atoms with Gasteiger partial charge in [0.25, 0.3) is 0 Å². The second-order valence-electron chi connectivity index (χ2n) is 3.18. The Bertz CT molecular complexity index is 322. The number of rotatable bonds is 1. The lowest BCUT2D eigenvalue weighted by atomic mass is 10.0. The van der Waals surface area contributed by atoms with Crippen LogP contribution in [0.4, 0.5) is 4.39 Å². The minimum Gasteiger partial charge on any atom is -0.303 e. The number of allylic oxidation sites excluding steroid dienone is 5. The van der Waals surface area contributed by atoms with Gasteiger partial charge in [-0.15, -0.1) is 0 Å². The smallest absolute Gasteiger partial charge is 0.128 e. The fourth-order valence-corrected chi connectivity index (χ4v) is 1.04. The van der Waals surface area contributed by atoms with Crippen molar-refractivity contribution in [2.45, 2.75) is 6.92 Å². The van der Waals surface area contributed by atoms with Crippen LogP contribution in [0, 0.1) is 0 Å². The summed E-state index contributed by atoms with van der Waals surface area (Å²) in [7, 11) is 3.58. The summed E-state index contributed by atoms with van der Waals surface area (Å²) in [4.78, 5) is 0. The Kier molecular flexibility index (Phi) is 2.66. The van der Waals surface area contributed by atoms with E-state index in [-0.39, 0.29) is 5.83 Å². The molecule has 0 saturated carbocycles. The lowest BCUT2D eigenvalue weighted by Crippen LogP contribution is -2.10. The molecular weight excluding hydrogens is 167 g/mol. The lowest BCUT2D eigenvalue weighted by molar-refractivity contribution is 0.438. The minimum absolute atomic E-state index is 0.243. The largest absolute Gasteiger partial charge is 0.303 e. The molecule has 0 N–H and O–H groups in total. The molecular formula is C10H13FN2. The molecule has 0 aromatic carbocycles. The molecule has 0 bridgehead atoms. The molecule has 13 heavy (non-hydrogen) atoms. The average molecular weight is 180 g/mol. The third-order valence-corrected chi connectivity index (χ3v) is 1.67. The first-order chi connectivity index (χ1) is 6.00. The highest BCUT2D eigenvalue weighted by molar-refractivity contribution is 6.11. The van der Waals surface area contributed by atoms with Gasteiger partial charge in [0.15, 0.2) is 0 Å². The van der Waals surface area contributed by atoms with Crippen LogP contribution in [0.15, 0.2) is 40.8 Å². The second kappa shape index (κ2) is 3.56. The molecule has 0 spiro atoms. The van der Waals surface area contributed by atoms with E-state index in [1.165, 1.54) is 6.08 Å². The number of hydrogen-bond acceptors (Lipinski definition) is 2. The van der Waals surface area contributed by atoms with Crippen LogP contribution in [0.1, 0.15) is 6.92 Å². The second-order valence-corrected chi connectivity index (χ2v) is 3.18. The third-order valence-electron chi connectivity index (χ3n) is 1.67. The van der Waals surface area contributed by atoms with Gasteiger partial charge in [0, 0.05) is 20.2 Å². The van der Waals surface area contributed by atoms with Crippen molar-refractivity contribution in [2.75, 3.05) is 14.1 Å². The first-order valence-corrected chi connectivity index (χ1v) is 4.02. The zero-order chi connectivity index (χ0) is 10.0. The van der Waals surface area contributed by atoms with Crippen LogP contribution in [-0.4, -0.2) is 24.8 Å². The maximum absolute atomic E-state index is 13.1. The molecule has 0 atom stereocenters. The maximum Gasteiger partial charge on any atom is 0.128 e. The van der Waals surface area contributed by atoms with Crippen LogP contribution in [0.5, 0.6) is 0 Å². The Labute approximate surface area is 77.7 Å². The Morgan fingerprint density at radius 2 is 2.00 bits per heavy atom. The lowest BCUT2D eigenvalue weighted by Gasteiger charge is -2.12. The molecule has 2 nitrogen and oxygen atoms in total. The van der Waals surface area contributed by atoms with Gasteiger partial charge in [-0.2, -0.15) is 5.10 Å². The minimum atomic E-state index is -0.243. The summed E-state index contributed by atoms with van der Waals surface area (Å²) in [6, 6.07) is 0. The number of nitrogens with zero attached hydrogens (tertiary/aromatic N) is 2. The topological polar surface area (TPSA) is 15.6 Å². The van der Waals surface area contributed by atoms with Gasteiger partial charge >= 0.3 is 0 Å². The fraction of sp³-hybridized carbons (Fsp3) is 0.300. The summed E-state index contributed by atoms with van der Waals surface area (Å²) in [5.41, 5.74) is 1.92. The van der Waals surface area contributed by atoms with Crippen molar-refractivity contribution >= 4 is 5.71 Å². The first kappa shape index (κ1) is 9.71. The van der Waals surface area contributed by atoms with Gasteiger partial charge in [0.2, 0.25) is 0 Å². The molecule has 1 aliphatic carbocycles. The molecule has 0 aromatic heterocycles. The highest BCUT2D eigenvalue weighted by Gasteiger charge is 2.11. The predicted molar refractivity (Wildman–Crippen MR) is 53.2 cm³/mol. The highest BCUT2D eigenvalue weighted by Crippen LogP contribution is 2.20. The molecule has 0 amide bonds. The van der Waals surface area contributed by atoms with E-state index in [1.807, 2.05) is 0 Å². The van der Waals surface area contributed by atoms with Gasteiger partial charge in [-0.25, -0.2) is 4.39 Å². The van der Waals surface area contributed by atoms with E-state index >= 15 is 0 Å². The molecule has 3 heteroatoms. The van der Waals surface area contributed by atoms with E-state index < -0.39 is 0 Å². The van der Waals surface area contributed by atoms with Crippen LogP contribution >= 0.6 is 0 Å². The van der Waals surface area contributed by atoms with Crippen molar-refractivity contribution in [1.29, 1.82) is 0 Å². The standard InChI is InChI=1S/C10H13FN2/c1-7-5-8(2)10(6-9(7)11)12-13(3)4/h5-6H,2H2,1,3-4H3/b12-10-. The quantitative estimate of drug-likeness (QED) is 0.565. The predicted octanol–water partition coefficient (Wildman–Crippen LogP) is 2.27. The van der Waals surface area contributed by atoms with Gasteiger partial charge in [0.1, 0.15) is 5.83 Å². The number of halogens is 1. The Morgan fingerprint density at radius 1 is 1.38 bits per heavy atom. The average Bonchev–Trinajstić information content (AvgIpc) is 1.99. The van der Waals surface area contributed by atoms with Gasteiger partial charge in [-0.3, -0.25) is 0 Å². The molecule has 0 unspecified atom stereocenters. The van der Waals surface area contributed by atoms with Crippen molar-refractivity contribution in [3.63, 3.8) is 0 Å². The molecule has 0 saturated heterocycles. The number of hydrogen-bond donors (Lipinski definition) is 0. The van der Waals surface area contributed by atoms with Crippen LogP contribution < -0.4 is 0 Å². The van der Waals surface area contributed by atoms with E-state index in [9.17, 15) is 4.39 Å². The van der Waals surface area contributed by atoms with Crippen molar-refractivity contribution in [3.05, 3.63) is 35.7 Å². The Hall–Kier alpha value is -1.38. The fourth-order valence-electron chi connectivity index (χ4n) is 1.04. The normalized spacial score (nSPS) is 20.0. The third kappa shape index (κ3) is 2.28. The summed E-state index contributed by atoms with van der Waals surface area (Å²) in [6.07, 6.45) is 3.09. The van der Waals surface area contributed by atoms with Crippen molar-refractivity contribution in [1.82, 2.24) is 5.01 Å². The monoisotopic (exact) mass is 180 g/mol. The number of hydrazone groups is 1. The van der Waals surface area contributed by atoms with Crippen molar-refractivity contribution in [3.8, 4) is 0 Å². The molecule has 0 aliphatic heterocycles. The SMILES string of the molecule is C=C1C=C(C)C(F)=C/C1=N/N(C)C. The van der Waals surface area contributed by atoms with Crippen LogP contribution in [0.3, 0.4) is 0 Å². The summed E-state index contributed by atoms with van der Waals surface area (Å²) < 4.78 is 13.1. The molecule has 1 rings (SSSR count). The summed E-state index contributed by atoms with van der Waals surface area (Å²) in [6.45, 7) is 5.50. The highest BCUT2D eigenvalue weighted by atomic mass is 19.1. The van der Waals surface area contributed by atoms with Crippen LogP contribution in [0.25, 0.3) is 0 Å². The van der Waals surface area contributed by atoms with E-state index in [1.54, 1.807) is 32.1 Å². The molecule has 0 aromatic rings. The van der Waals surface area contributed by atoms with Gasteiger partial charge in [0.05, 0.1) is 5.71 Å².